The van der Waals surface area contributed by atoms with Crippen molar-refractivity contribution in [1.82, 2.24) is 10.2 Å². The SMILES string of the molecule is CCCNC(C)(C#N)CCN1C(=O)C2CC2C1=O. The minimum absolute atomic E-state index is 0.0409. The molecule has 0 aromatic rings. The molecule has 1 aliphatic carbocycles. The second kappa shape index (κ2) is 4.69. The van der Waals surface area contributed by atoms with Crippen LogP contribution in [0.15, 0.2) is 0 Å². The van der Waals surface area contributed by atoms with Gasteiger partial charge in [-0.1, -0.05) is 6.92 Å². The molecule has 0 aromatic heterocycles. The van der Waals surface area contributed by atoms with Crippen molar-refractivity contribution in [2.24, 2.45) is 11.8 Å². The Morgan fingerprint density at radius 3 is 2.56 bits per heavy atom. The smallest absolute Gasteiger partial charge is 0.233 e. The average Bonchev–Trinajstić information content (AvgIpc) is 3.12. The van der Waals surface area contributed by atoms with Gasteiger partial charge in [-0.3, -0.25) is 19.8 Å². The van der Waals surface area contributed by atoms with Crippen molar-refractivity contribution in [3.63, 3.8) is 0 Å². The van der Waals surface area contributed by atoms with Crippen molar-refractivity contribution < 1.29 is 9.59 Å². The van der Waals surface area contributed by atoms with Gasteiger partial charge in [0, 0.05) is 6.54 Å². The molecular formula is C13H19N3O2. The van der Waals surface area contributed by atoms with Gasteiger partial charge in [0.25, 0.3) is 0 Å². The zero-order valence-electron chi connectivity index (χ0n) is 10.9. The van der Waals surface area contributed by atoms with E-state index in [0.717, 1.165) is 19.4 Å². The monoisotopic (exact) mass is 249 g/mol. The van der Waals surface area contributed by atoms with Crippen LogP contribution in [0.1, 0.15) is 33.1 Å². The molecule has 2 aliphatic rings. The molecule has 1 heterocycles. The van der Waals surface area contributed by atoms with Gasteiger partial charge in [-0.25, -0.2) is 0 Å². The fraction of sp³-hybridized carbons (Fsp3) is 0.769. The van der Waals surface area contributed by atoms with Crippen molar-refractivity contribution in [3.8, 4) is 6.07 Å². The molecule has 1 N–H and O–H groups in total. The summed E-state index contributed by atoms with van der Waals surface area (Å²) in [6, 6.07) is 2.23. The summed E-state index contributed by atoms with van der Waals surface area (Å²) < 4.78 is 0. The van der Waals surface area contributed by atoms with Crippen molar-refractivity contribution in [2.45, 2.75) is 38.6 Å². The topological polar surface area (TPSA) is 73.2 Å². The van der Waals surface area contributed by atoms with Crippen LogP contribution in [0.5, 0.6) is 0 Å². The Hall–Kier alpha value is -1.41. The summed E-state index contributed by atoms with van der Waals surface area (Å²) in [4.78, 5) is 24.9. The third kappa shape index (κ3) is 2.25. The van der Waals surface area contributed by atoms with Gasteiger partial charge in [0.15, 0.2) is 0 Å². The van der Waals surface area contributed by atoms with E-state index in [1.807, 2.05) is 13.8 Å². The lowest BCUT2D eigenvalue weighted by Gasteiger charge is -2.26. The standard InChI is InChI=1S/C13H19N3O2/c1-3-5-15-13(2,8-14)4-6-16-11(17)9-7-10(9)12(16)18/h9-10,15H,3-7H2,1-2H3. The highest BCUT2D eigenvalue weighted by atomic mass is 16.2. The molecule has 1 saturated heterocycles. The molecule has 1 saturated carbocycles. The summed E-state index contributed by atoms with van der Waals surface area (Å²) in [6.45, 7) is 4.96. The highest BCUT2D eigenvalue weighted by Gasteiger charge is 2.58. The molecule has 18 heavy (non-hydrogen) atoms. The van der Waals surface area contributed by atoms with Crippen molar-refractivity contribution in [1.29, 1.82) is 5.26 Å². The summed E-state index contributed by atoms with van der Waals surface area (Å²) in [5, 5.41) is 12.3. The van der Waals surface area contributed by atoms with E-state index in [-0.39, 0.29) is 23.7 Å². The first kappa shape index (κ1) is 13.0. The lowest BCUT2D eigenvalue weighted by atomic mass is 9.99. The number of hydrogen-bond acceptors (Lipinski definition) is 4. The van der Waals surface area contributed by atoms with Gasteiger partial charge in [-0.05, 0) is 32.7 Å². The van der Waals surface area contributed by atoms with Gasteiger partial charge in [0.2, 0.25) is 11.8 Å². The molecule has 1 aliphatic heterocycles. The second-order valence-corrected chi connectivity index (χ2v) is 5.40. The van der Waals surface area contributed by atoms with Crippen LogP contribution in [0.25, 0.3) is 0 Å². The van der Waals surface area contributed by atoms with Crippen LogP contribution < -0.4 is 5.32 Å². The number of nitriles is 1. The highest BCUT2D eigenvalue weighted by molar-refractivity contribution is 6.08. The molecule has 0 aromatic carbocycles. The Kier molecular flexibility index (Phi) is 3.40. The molecule has 0 radical (unpaired) electrons. The zero-order valence-corrected chi connectivity index (χ0v) is 10.9. The van der Waals surface area contributed by atoms with Crippen LogP contribution in [0.3, 0.4) is 0 Å². The summed E-state index contributed by atoms with van der Waals surface area (Å²) >= 11 is 0. The molecule has 2 amide bonds. The maximum Gasteiger partial charge on any atom is 0.233 e. The van der Waals surface area contributed by atoms with E-state index >= 15 is 0 Å². The van der Waals surface area contributed by atoms with Gasteiger partial charge >= 0.3 is 0 Å². The molecule has 2 fully saturated rings. The second-order valence-electron chi connectivity index (χ2n) is 5.40. The number of piperidine rings is 1. The Morgan fingerprint density at radius 1 is 1.44 bits per heavy atom. The van der Waals surface area contributed by atoms with Crippen LogP contribution in [0.2, 0.25) is 0 Å². The van der Waals surface area contributed by atoms with Gasteiger partial charge in [0.05, 0.1) is 17.9 Å². The molecule has 3 atom stereocenters. The summed E-state index contributed by atoms with van der Waals surface area (Å²) in [6.07, 6.45) is 2.17. The predicted octanol–water partition coefficient (Wildman–Crippen LogP) is 0.663. The minimum atomic E-state index is -0.663. The van der Waals surface area contributed by atoms with Crippen molar-refractivity contribution >= 4 is 11.8 Å². The molecule has 5 heteroatoms. The van der Waals surface area contributed by atoms with Crippen LogP contribution in [-0.4, -0.2) is 35.3 Å². The summed E-state index contributed by atoms with van der Waals surface area (Å²) in [5.41, 5.74) is -0.663. The van der Waals surface area contributed by atoms with Crippen LogP contribution in [0, 0.1) is 23.2 Å². The number of imide groups is 1. The number of nitrogens with one attached hydrogen (secondary N) is 1. The fourth-order valence-electron chi connectivity index (χ4n) is 2.39. The summed E-state index contributed by atoms with van der Waals surface area (Å²) in [7, 11) is 0. The lowest BCUT2D eigenvalue weighted by Crippen LogP contribution is -2.45. The molecule has 5 nitrogen and oxygen atoms in total. The first-order chi connectivity index (χ1) is 8.52. The number of carbonyl (C=O) groups excluding carboxylic acids is 2. The summed E-state index contributed by atoms with van der Waals surface area (Å²) in [5.74, 6) is -0.176. The molecule has 2 rings (SSSR count). The van der Waals surface area contributed by atoms with E-state index in [1.165, 1.54) is 4.90 Å². The first-order valence-electron chi connectivity index (χ1n) is 6.54. The number of nitrogens with zero attached hydrogens (tertiary/aromatic N) is 2. The Bertz CT molecular complexity index is 395. The molecule has 0 bridgehead atoms. The lowest BCUT2D eigenvalue weighted by molar-refractivity contribution is -0.141. The fourth-order valence-corrected chi connectivity index (χ4v) is 2.39. The number of fused-ring (bicyclic) bond motifs is 1. The quantitative estimate of drug-likeness (QED) is 0.702. The average molecular weight is 249 g/mol. The van der Waals surface area contributed by atoms with E-state index in [2.05, 4.69) is 11.4 Å². The molecular weight excluding hydrogens is 230 g/mol. The molecule has 0 spiro atoms. The third-order valence-electron chi connectivity index (χ3n) is 3.80. The number of amides is 2. The van der Waals surface area contributed by atoms with Crippen LogP contribution in [0.4, 0.5) is 0 Å². The number of likely N-dealkylation sites (tertiary alicyclic amines) is 1. The van der Waals surface area contributed by atoms with Gasteiger partial charge in [-0.15, -0.1) is 0 Å². The first-order valence-corrected chi connectivity index (χ1v) is 6.54. The highest BCUT2D eigenvalue weighted by Crippen LogP contribution is 2.47. The maximum atomic E-state index is 11.8. The minimum Gasteiger partial charge on any atom is -0.300 e. The maximum absolute atomic E-state index is 11.8. The third-order valence-corrected chi connectivity index (χ3v) is 3.80. The predicted molar refractivity (Wildman–Crippen MR) is 65.2 cm³/mol. The number of hydrogen-bond donors (Lipinski definition) is 1. The largest absolute Gasteiger partial charge is 0.300 e. The van der Waals surface area contributed by atoms with Gasteiger partial charge < -0.3 is 0 Å². The number of rotatable bonds is 6. The van der Waals surface area contributed by atoms with E-state index in [1.54, 1.807) is 0 Å². The van der Waals surface area contributed by atoms with Gasteiger partial charge in [-0.2, -0.15) is 5.26 Å². The Morgan fingerprint density at radius 2 is 2.06 bits per heavy atom. The van der Waals surface area contributed by atoms with Gasteiger partial charge in [0.1, 0.15) is 5.54 Å². The Labute approximate surface area is 107 Å². The normalized spacial score (nSPS) is 28.8. The van der Waals surface area contributed by atoms with E-state index < -0.39 is 5.54 Å². The van der Waals surface area contributed by atoms with Crippen LogP contribution >= 0.6 is 0 Å². The zero-order chi connectivity index (χ0) is 13.3. The molecule has 98 valence electrons. The van der Waals surface area contributed by atoms with Crippen LogP contribution in [-0.2, 0) is 9.59 Å². The van der Waals surface area contributed by atoms with Crippen molar-refractivity contribution in [2.75, 3.05) is 13.1 Å². The number of carbonyl (C=O) groups is 2. The van der Waals surface area contributed by atoms with E-state index in [9.17, 15) is 14.9 Å². The molecule has 3 unspecified atom stereocenters. The Balaban J connectivity index is 1.89. The van der Waals surface area contributed by atoms with E-state index in [0.29, 0.717) is 13.0 Å². The van der Waals surface area contributed by atoms with E-state index in [4.69, 9.17) is 0 Å². The van der Waals surface area contributed by atoms with Crippen molar-refractivity contribution in [3.05, 3.63) is 0 Å².